The van der Waals surface area contributed by atoms with Crippen molar-refractivity contribution in [1.82, 2.24) is 24.9 Å². The molecule has 1 N–H and O–H groups in total. The van der Waals surface area contributed by atoms with Gasteiger partial charge in [0.05, 0.1) is 18.8 Å². The van der Waals surface area contributed by atoms with Crippen molar-refractivity contribution < 1.29 is 4.79 Å². The van der Waals surface area contributed by atoms with Crippen LogP contribution in [0, 0.1) is 0 Å². The van der Waals surface area contributed by atoms with Gasteiger partial charge >= 0.3 is 6.03 Å². The summed E-state index contributed by atoms with van der Waals surface area (Å²) in [5.41, 5.74) is 1.03. The number of amides is 2. The van der Waals surface area contributed by atoms with Crippen molar-refractivity contribution in [2.24, 2.45) is 7.05 Å². The molecule has 0 radical (unpaired) electrons. The number of hydrogen-bond donors (Lipinski definition) is 1. The number of rotatable bonds is 6. The number of aryl methyl sites for hydroxylation is 1. The molecule has 3 heterocycles. The first-order chi connectivity index (χ1) is 11.6. The number of thiophene rings is 1. The van der Waals surface area contributed by atoms with Crippen LogP contribution in [0.1, 0.15) is 29.3 Å². The van der Waals surface area contributed by atoms with Crippen LogP contribution >= 0.6 is 11.3 Å². The Kier molecular flexibility index (Phi) is 5.52. The van der Waals surface area contributed by atoms with E-state index in [4.69, 9.17) is 0 Å². The van der Waals surface area contributed by atoms with Gasteiger partial charge in [0.1, 0.15) is 0 Å². The zero-order valence-corrected chi connectivity index (χ0v) is 15.1. The zero-order chi connectivity index (χ0) is 16.9. The minimum atomic E-state index is -0.0420. The molecule has 0 spiro atoms. The molecule has 1 saturated heterocycles. The molecule has 2 amide bonds. The van der Waals surface area contributed by atoms with Crippen LogP contribution in [0.5, 0.6) is 0 Å². The summed E-state index contributed by atoms with van der Waals surface area (Å²) in [7, 11) is 3.70. The van der Waals surface area contributed by atoms with Gasteiger partial charge < -0.3 is 10.2 Å². The van der Waals surface area contributed by atoms with Crippen LogP contribution < -0.4 is 5.32 Å². The monoisotopic (exact) mass is 347 g/mol. The van der Waals surface area contributed by atoms with E-state index in [1.54, 1.807) is 27.1 Å². The van der Waals surface area contributed by atoms with Crippen molar-refractivity contribution in [1.29, 1.82) is 0 Å². The standard InChI is InChI=1S/C17H25N5OS/c1-20(12-14-10-19-21(2)13-14)17(23)18-11-15(16-6-5-9-24-16)22-7-3-4-8-22/h5-6,9-10,13,15H,3-4,7-8,11-12H2,1-2H3,(H,18,23). The number of likely N-dealkylation sites (tertiary alicyclic amines) is 1. The molecule has 6 nitrogen and oxygen atoms in total. The van der Waals surface area contributed by atoms with E-state index >= 15 is 0 Å². The molecule has 0 aromatic carbocycles. The average molecular weight is 347 g/mol. The average Bonchev–Trinajstić information content (AvgIpc) is 3.30. The van der Waals surface area contributed by atoms with Crippen LogP contribution in [0.4, 0.5) is 4.79 Å². The lowest BCUT2D eigenvalue weighted by atomic mass is 10.2. The maximum Gasteiger partial charge on any atom is 0.317 e. The molecule has 1 aliphatic heterocycles. The molecule has 3 rings (SSSR count). The van der Waals surface area contributed by atoms with E-state index < -0.39 is 0 Å². The van der Waals surface area contributed by atoms with Gasteiger partial charge in [-0.3, -0.25) is 9.58 Å². The van der Waals surface area contributed by atoms with Gasteiger partial charge in [0, 0.05) is 37.3 Å². The highest BCUT2D eigenvalue weighted by Crippen LogP contribution is 2.27. The van der Waals surface area contributed by atoms with Gasteiger partial charge in [-0.15, -0.1) is 11.3 Å². The maximum absolute atomic E-state index is 12.4. The van der Waals surface area contributed by atoms with Crippen molar-refractivity contribution in [2.45, 2.75) is 25.4 Å². The van der Waals surface area contributed by atoms with E-state index in [0.717, 1.165) is 18.7 Å². The minimum absolute atomic E-state index is 0.0420. The third kappa shape index (κ3) is 4.15. The van der Waals surface area contributed by atoms with Crippen LogP contribution in [-0.2, 0) is 13.6 Å². The predicted molar refractivity (Wildman–Crippen MR) is 95.9 cm³/mol. The van der Waals surface area contributed by atoms with Crippen molar-refractivity contribution in [3.8, 4) is 0 Å². The van der Waals surface area contributed by atoms with Crippen molar-refractivity contribution in [3.05, 3.63) is 40.3 Å². The number of carbonyl (C=O) groups is 1. The minimum Gasteiger partial charge on any atom is -0.336 e. The first-order valence-corrected chi connectivity index (χ1v) is 9.25. The van der Waals surface area contributed by atoms with E-state index in [9.17, 15) is 4.79 Å². The smallest absolute Gasteiger partial charge is 0.317 e. The van der Waals surface area contributed by atoms with Crippen molar-refractivity contribution >= 4 is 17.4 Å². The Balaban J connectivity index is 1.56. The summed E-state index contributed by atoms with van der Waals surface area (Å²) >= 11 is 1.77. The summed E-state index contributed by atoms with van der Waals surface area (Å²) in [6, 6.07) is 4.49. The normalized spacial score (nSPS) is 16.2. The highest BCUT2D eigenvalue weighted by atomic mass is 32.1. The van der Waals surface area contributed by atoms with Gasteiger partial charge in [0.25, 0.3) is 0 Å². The highest BCUT2D eigenvalue weighted by molar-refractivity contribution is 7.10. The predicted octanol–water partition coefficient (Wildman–Crippen LogP) is 2.46. The lowest BCUT2D eigenvalue weighted by Crippen LogP contribution is -2.42. The Bertz CT molecular complexity index is 648. The summed E-state index contributed by atoms with van der Waals surface area (Å²) in [5.74, 6) is 0. The van der Waals surface area contributed by atoms with E-state index in [1.165, 1.54) is 17.7 Å². The Labute approximate surface area is 147 Å². The van der Waals surface area contributed by atoms with Crippen molar-refractivity contribution in [2.75, 3.05) is 26.7 Å². The summed E-state index contributed by atoms with van der Waals surface area (Å²) in [5, 5.41) is 9.35. The fraction of sp³-hybridized carbons (Fsp3) is 0.529. The Hall–Kier alpha value is -1.86. The number of nitrogens with one attached hydrogen (secondary N) is 1. The zero-order valence-electron chi connectivity index (χ0n) is 14.3. The topological polar surface area (TPSA) is 53.4 Å². The molecule has 130 valence electrons. The van der Waals surface area contributed by atoms with Crippen molar-refractivity contribution in [3.63, 3.8) is 0 Å². The van der Waals surface area contributed by atoms with Crippen LogP contribution in [0.3, 0.4) is 0 Å². The van der Waals surface area contributed by atoms with Crippen LogP contribution in [-0.4, -0.2) is 52.3 Å². The second-order valence-corrected chi connectivity index (χ2v) is 7.32. The van der Waals surface area contributed by atoms with Crippen LogP contribution in [0.2, 0.25) is 0 Å². The van der Waals surface area contributed by atoms with Gasteiger partial charge in [0.2, 0.25) is 0 Å². The van der Waals surface area contributed by atoms with Gasteiger partial charge in [-0.2, -0.15) is 5.10 Å². The number of aromatic nitrogens is 2. The molecular formula is C17H25N5OS. The molecule has 2 aromatic rings. The third-order valence-corrected chi connectivity index (χ3v) is 5.40. The summed E-state index contributed by atoms with van der Waals surface area (Å²) < 4.78 is 1.75. The highest BCUT2D eigenvalue weighted by Gasteiger charge is 2.25. The quantitative estimate of drug-likeness (QED) is 0.873. The second kappa shape index (κ2) is 7.81. The fourth-order valence-corrected chi connectivity index (χ4v) is 4.02. The number of urea groups is 1. The van der Waals surface area contributed by atoms with Crippen LogP contribution in [0.25, 0.3) is 0 Å². The molecular weight excluding hydrogens is 322 g/mol. The lowest BCUT2D eigenvalue weighted by molar-refractivity contribution is 0.196. The first kappa shape index (κ1) is 17.0. The lowest BCUT2D eigenvalue weighted by Gasteiger charge is -2.28. The summed E-state index contributed by atoms with van der Waals surface area (Å²) in [4.78, 5) is 17.9. The van der Waals surface area contributed by atoms with E-state index in [2.05, 4.69) is 32.8 Å². The van der Waals surface area contributed by atoms with Crippen LogP contribution in [0.15, 0.2) is 29.9 Å². The van der Waals surface area contributed by atoms with E-state index in [-0.39, 0.29) is 12.1 Å². The summed E-state index contributed by atoms with van der Waals surface area (Å²) in [6.45, 7) is 3.44. The SMILES string of the molecule is CN(Cc1cnn(C)c1)C(=O)NCC(c1cccs1)N1CCCC1. The molecule has 1 aliphatic rings. The van der Waals surface area contributed by atoms with E-state index in [0.29, 0.717) is 13.1 Å². The molecule has 1 atom stereocenters. The molecule has 0 aliphatic carbocycles. The Morgan fingerprint density at radius 1 is 1.46 bits per heavy atom. The molecule has 24 heavy (non-hydrogen) atoms. The van der Waals surface area contributed by atoms with E-state index in [1.807, 2.05) is 20.3 Å². The molecule has 7 heteroatoms. The van der Waals surface area contributed by atoms with Gasteiger partial charge in [-0.05, 0) is 37.4 Å². The van der Waals surface area contributed by atoms with Gasteiger partial charge in [0.15, 0.2) is 0 Å². The first-order valence-electron chi connectivity index (χ1n) is 8.37. The largest absolute Gasteiger partial charge is 0.336 e. The summed E-state index contributed by atoms with van der Waals surface area (Å²) in [6.07, 6.45) is 6.22. The number of hydrogen-bond acceptors (Lipinski definition) is 4. The molecule has 2 aromatic heterocycles. The fourth-order valence-electron chi connectivity index (χ4n) is 3.16. The second-order valence-electron chi connectivity index (χ2n) is 6.34. The maximum atomic E-state index is 12.4. The third-order valence-electron chi connectivity index (χ3n) is 4.42. The van der Waals surface area contributed by atoms with Gasteiger partial charge in [-0.25, -0.2) is 4.79 Å². The molecule has 1 fully saturated rings. The number of carbonyl (C=O) groups excluding carboxylic acids is 1. The number of nitrogens with zero attached hydrogens (tertiary/aromatic N) is 4. The molecule has 0 bridgehead atoms. The Morgan fingerprint density at radius 2 is 2.25 bits per heavy atom. The van der Waals surface area contributed by atoms with Gasteiger partial charge in [-0.1, -0.05) is 6.07 Å². The molecule has 0 saturated carbocycles. The molecule has 1 unspecified atom stereocenters. The Morgan fingerprint density at radius 3 is 2.88 bits per heavy atom.